The summed E-state index contributed by atoms with van der Waals surface area (Å²) in [5, 5.41) is 16.7. The number of hydrogen-bond acceptors (Lipinski definition) is 6. The van der Waals surface area contributed by atoms with E-state index in [9.17, 15) is 18.7 Å². The van der Waals surface area contributed by atoms with Crippen molar-refractivity contribution < 1.29 is 27.7 Å². The topological polar surface area (TPSA) is 89.4 Å². The molecule has 2 aromatic carbocycles. The quantitative estimate of drug-likeness (QED) is 0.463. The van der Waals surface area contributed by atoms with E-state index < -0.39 is 6.10 Å². The van der Waals surface area contributed by atoms with Crippen molar-refractivity contribution in [1.82, 2.24) is 10.3 Å². The van der Waals surface area contributed by atoms with E-state index in [0.717, 1.165) is 5.56 Å². The number of benzene rings is 2. The lowest BCUT2D eigenvalue weighted by atomic mass is 10.1. The lowest BCUT2D eigenvalue weighted by Gasteiger charge is -1.94. The molecule has 1 N–H and O–H groups in total. The highest BCUT2D eigenvalue weighted by molar-refractivity contribution is 5.92. The number of nitrogens with zero attached hydrogens (tertiary/aromatic N) is 2. The molecule has 0 saturated carbocycles. The molecule has 30 heavy (non-hydrogen) atoms. The fourth-order valence-electron chi connectivity index (χ4n) is 2.44. The summed E-state index contributed by atoms with van der Waals surface area (Å²) in [6, 6.07) is 14.9. The third kappa shape index (κ3) is 5.24. The van der Waals surface area contributed by atoms with Crippen molar-refractivity contribution in [3.05, 3.63) is 83.8 Å². The summed E-state index contributed by atoms with van der Waals surface area (Å²) in [7, 11) is 0. The standard InChI is InChI=1S/C11H10FNO2.C11H8FNO2/c2*1-7(14)11-6-10(13-15-11)8-2-4-9(12)5-3-8/h2-7,14H,1H3;2-6H,1H3. The minimum Gasteiger partial charge on any atom is -0.385 e. The van der Waals surface area contributed by atoms with Gasteiger partial charge in [-0.1, -0.05) is 10.3 Å². The summed E-state index contributed by atoms with van der Waals surface area (Å²) < 4.78 is 35.0. The molecule has 2 heterocycles. The van der Waals surface area contributed by atoms with Gasteiger partial charge >= 0.3 is 0 Å². The summed E-state index contributed by atoms with van der Waals surface area (Å²) in [5.74, 6) is -0.188. The summed E-state index contributed by atoms with van der Waals surface area (Å²) in [5.41, 5.74) is 2.59. The molecule has 0 aliphatic carbocycles. The van der Waals surface area contributed by atoms with Crippen molar-refractivity contribution in [2.45, 2.75) is 20.0 Å². The minimum atomic E-state index is -0.688. The van der Waals surface area contributed by atoms with Gasteiger partial charge in [0, 0.05) is 30.2 Å². The average Bonchev–Trinajstić information content (AvgIpc) is 3.40. The number of carbonyl (C=O) groups excluding carboxylic acids is 1. The van der Waals surface area contributed by atoms with Gasteiger partial charge in [-0.05, 0) is 55.5 Å². The number of hydrogen-bond donors (Lipinski definition) is 1. The predicted octanol–water partition coefficient (Wildman–Crippen LogP) is 5.22. The molecular formula is C22H18F2N2O4. The minimum absolute atomic E-state index is 0.184. The lowest BCUT2D eigenvalue weighted by Crippen LogP contribution is -1.86. The smallest absolute Gasteiger partial charge is 0.202 e. The maximum absolute atomic E-state index is 12.7. The molecule has 4 aromatic rings. The average molecular weight is 412 g/mol. The molecule has 0 radical (unpaired) electrons. The Morgan fingerprint density at radius 2 is 1.33 bits per heavy atom. The Morgan fingerprint density at radius 3 is 1.73 bits per heavy atom. The van der Waals surface area contributed by atoms with Gasteiger partial charge in [0.25, 0.3) is 0 Å². The molecule has 0 bridgehead atoms. The molecule has 0 aliphatic heterocycles. The van der Waals surface area contributed by atoms with E-state index in [2.05, 4.69) is 10.3 Å². The van der Waals surface area contributed by atoms with Crippen LogP contribution in [0, 0.1) is 11.6 Å². The van der Waals surface area contributed by atoms with Gasteiger partial charge in [-0.25, -0.2) is 8.78 Å². The summed E-state index contributed by atoms with van der Waals surface area (Å²) in [6.45, 7) is 2.99. The predicted molar refractivity (Wildman–Crippen MR) is 104 cm³/mol. The molecule has 4 rings (SSSR count). The van der Waals surface area contributed by atoms with Crippen molar-refractivity contribution in [2.24, 2.45) is 0 Å². The number of ketones is 1. The van der Waals surface area contributed by atoms with Crippen molar-refractivity contribution in [2.75, 3.05) is 0 Å². The number of carbonyl (C=O) groups is 1. The Balaban J connectivity index is 0.000000171. The summed E-state index contributed by atoms with van der Waals surface area (Å²) in [6.07, 6.45) is -0.688. The number of aromatic nitrogens is 2. The van der Waals surface area contributed by atoms with Crippen LogP contribution in [0.3, 0.4) is 0 Å². The lowest BCUT2D eigenvalue weighted by molar-refractivity contribution is 0.0978. The number of halogens is 2. The fraction of sp³-hybridized carbons (Fsp3) is 0.136. The molecule has 1 atom stereocenters. The van der Waals surface area contributed by atoms with E-state index in [-0.39, 0.29) is 23.2 Å². The Bertz CT molecular complexity index is 1120. The van der Waals surface area contributed by atoms with Crippen LogP contribution in [0.5, 0.6) is 0 Å². The second-order valence-corrected chi connectivity index (χ2v) is 6.44. The summed E-state index contributed by atoms with van der Waals surface area (Å²) >= 11 is 0. The molecule has 6 nitrogen and oxygen atoms in total. The first-order valence-corrected chi connectivity index (χ1v) is 8.97. The van der Waals surface area contributed by atoms with Gasteiger partial charge in [0.15, 0.2) is 11.5 Å². The maximum Gasteiger partial charge on any atom is 0.202 e. The molecule has 0 fully saturated rings. The van der Waals surface area contributed by atoms with Crippen LogP contribution in [0.1, 0.15) is 36.3 Å². The molecule has 0 amide bonds. The third-order valence-electron chi connectivity index (χ3n) is 4.08. The Kier molecular flexibility index (Phi) is 6.48. The molecule has 1 unspecified atom stereocenters. The van der Waals surface area contributed by atoms with Gasteiger partial charge in [0.1, 0.15) is 29.1 Å². The normalized spacial score (nSPS) is 11.5. The van der Waals surface area contributed by atoms with Gasteiger partial charge < -0.3 is 14.2 Å². The van der Waals surface area contributed by atoms with Gasteiger partial charge in [0.05, 0.1) is 0 Å². The maximum atomic E-state index is 12.7. The fourth-order valence-corrected chi connectivity index (χ4v) is 2.44. The first-order valence-electron chi connectivity index (χ1n) is 8.97. The molecule has 0 saturated heterocycles. The zero-order chi connectivity index (χ0) is 21.7. The molecule has 154 valence electrons. The summed E-state index contributed by atoms with van der Waals surface area (Å²) in [4.78, 5) is 11.0. The third-order valence-corrected chi connectivity index (χ3v) is 4.08. The van der Waals surface area contributed by atoms with E-state index in [4.69, 9.17) is 9.05 Å². The second-order valence-electron chi connectivity index (χ2n) is 6.44. The van der Waals surface area contributed by atoms with Gasteiger partial charge in [-0.15, -0.1) is 0 Å². The van der Waals surface area contributed by atoms with E-state index in [1.165, 1.54) is 37.3 Å². The van der Waals surface area contributed by atoms with Crippen LogP contribution in [0.25, 0.3) is 22.5 Å². The monoisotopic (exact) mass is 412 g/mol. The van der Waals surface area contributed by atoms with E-state index in [1.807, 2.05) is 0 Å². The Hall–Kier alpha value is -3.65. The number of Topliss-reactive ketones (excluding diaryl/α,β-unsaturated/α-hetero) is 1. The number of aliphatic hydroxyl groups excluding tert-OH is 1. The Labute approximate surface area is 170 Å². The second kappa shape index (κ2) is 9.23. The first-order chi connectivity index (χ1) is 14.3. The van der Waals surface area contributed by atoms with Crippen molar-refractivity contribution in [3.8, 4) is 22.5 Å². The molecule has 0 spiro atoms. The van der Waals surface area contributed by atoms with Crippen LogP contribution in [0.2, 0.25) is 0 Å². The van der Waals surface area contributed by atoms with Gasteiger partial charge in [-0.3, -0.25) is 4.79 Å². The highest BCUT2D eigenvalue weighted by atomic mass is 19.1. The van der Waals surface area contributed by atoms with Crippen molar-refractivity contribution >= 4 is 5.78 Å². The highest BCUT2D eigenvalue weighted by Gasteiger charge is 2.11. The SMILES string of the molecule is CC(=O)c1cc(-c2ccc(F)cc2)no1.CC(O)c1cc(-c2ccc(F)cc2)no1. The number of rotatable bonds is 4. The largest absolute Gasteiger partial charge is 0.385 e. The first kappa shape index (κ1) is 21.1. The Morgan fingerprint density at radius 1 is 0.867 bits per heavy atom. The van der Waals surface area contributed by atoms with Crippen LogP contribution in [0.15, 0.2) is 69.7 Å². The van der Waals surface area contributed by atoms with Crippen LogP contribution in [0.4, 0.5) is 8.78 Å². The van der Waals surface area contributed by atoms with Crippen molar-refractivity contribution in [1.29, 1.82) is 0 Å². The van der Waals surface area contributed by atoms with Crippen LogP contribution < -0.4 is 0 Å². The molecule has 2 aromatic heterocycles. The van der Waals surface area contributed by atoms with Gasteiger partial charge in [-0.2, -0.15) is 0 Å². The zero-order valence-electron chi connectivity index (χ0n) is 16.2. The molecular weight excluding hydrogens is 394 g/mol. The van der Waals surface area contributed by atoms with Crippen molar-refractivity contribution in [3.63, 3.8) is 0 Å². The van der Waals surface area contributed by atoms with Crippen LogP contribution in [-0.4, -0.2) is 21.2 Å². The molecule has 8 heteroatoms. The van der Waals surface area contributed by atoms with E-state index in [1.54, 1.807) is 37.3 Å². The van der Waals surface area contributed by atoms with Crippen LogP contribution in [-0.2, 0) is 0 Å². The van der Waals surface area contributed by atoms with E-state index in [0.29, 0.717) is 22.7 Å². The molecule has 0 aliphatic rings. The highest BCUT2D eigenvalue weighted by Crippen LogP contribution is 2.22. The van der Waals surface area contributed by atoms with Crippen LogP contribution >= 0.6 is 0 Å². The van der Waals surface area contributed by atoms with E-state index >= 15 is 0 Å². The number of aliphatic hydroxyl groups is 1. The zero-order valence-corrected chi connectivity index (χ0v) is 16.2. The van der Waals surface area contributed by atoms with Gasteiger partial charge in [0.2, 0.25) is 5.76 Å².